The van der Waals surface area contributed by atoms with Crippen LogP contribution in [0.5, 0.6) is 0 Å². The Morgan fingerprint density at radius 3 is 2.66 bits per heavy atom. The van der Waals surface area contributed by atoms with Crippen LogP contribution in [-0.4, -0.2) is 37.9 Å². The van der Waals surface area contributed by atoms with E-state index in [9.17, 15) is 10.1 Å². The second-order valence-corrected chi connectivity index (χ2v) is 7.59. The van der Waals surface area contributed by atoms with Crippen molar-refractivity contribution in [1.82, 2.24) is 19.9 Å². The van der Waals surface area contributed by atoms with Gasteiger partial charge >= 0.3 is 0 Å². The van der Waals surface area contributed by atoms with E-state index < -0.39 is 5.91 Å². The van der Waals surface area contributed by atoms with Gasteiger partial charge in [-0.2, -0.15) is 10.2 Å². The minimum absolute atomic E-state index is 0.0199. The van der Waals surface area contributed by atoms with Gasteiger partial charge in [0.1, 0.15) is 11.4 Å². The molecule has 6 N–H and O–H groups in total. The molecule has 1 unspecified atom stereocenters. The average molecular weight is 429 g/mol. The highest BCUT2D eigenvalue weighted by atomic mass is 16.1. The summed E-state index contributed by atoms with van der Waals surface area (Å²) >= 11 is 0. The summed E-state index contributed by atoms with van der Waals surface area (Å²) in [4.78, 5) is 29.1. The second-order valence-electron chi connectivity index (χ2n) is 7.59. The maximum absolute atomic E-state index is 12.0. The number of hydrogen-bond donors (Lipinski definition) is 4. The van der Waals surface area contributed by atoms with Crippen LogP contribution in [0.25, 0.3) is 11.4 Å². The molecular weight excluding hydrogens is 406 g/mol. The summed E-state index contributed by atoms with van der Waals surface area (Å²) in [7, 11) is 0. The molecule has 10 nitrogen and oxygen atoms in total. The summed E-state index contributed by atoms with van der Waals surface area (Å²) in [5.74, 6) is 0.372. The molecule has 0 radical (unpaired) electrons. The first-order chi connectivity index (χ1) is 15.5. The molecule has 1 aliphatic rings. The number of nitrogens with zero attached hydrogens (tertiary/aromatic N) is 5. The van der Waals surface area contributed by atoms with Crippen molar-refractivity contribution < 1.29 is 4.79 Å². The molecule has 162 valence electrons. The normalized spacial score (nSPS) is 17.9. The van der Waals surface area contributed by atoms with Gasteiger partial charge in [-0.15, -0.1) is 0 Å². The number of carbonyl (C=O) groups excluding carboxylic acids is 1. The van der Waals surface area contributed by atoms with Gasteiger partial charge in [-0.3, -0.25) is 4.79 Å². The molecule has 1 amide bonds. The fraction of sp³-hybridized carbons (Fsp3) is 0.273. The Morgan fingerprint density at radius 2 is 1.94 bits per heavy atom. The molecule has 1 saturated carbocycles. The molecular formula is C22H23N9O. The van der Waals surface area contributed by atoms with Crippen molar-refractivity contribution >= 4 is 23.4 Å². The minimum Gasteiger partial charge on any atom is -0.365 e. The van der Waals surface area contributed by atoms with E-state index in [1.807, 2.05) is 0 Å². The van der Waals surface area contributed by atoms with Gasteiger partial charge in [0.05, 0.1) is 11.6 Å². The number of nitriles is 1. The number of aromatic nitrogens is 4. The number of carbonyl (C=O) groups is 1. The third-order valence-electron chi connectivity index (χ3n) is 5.40. The van der Waals surface area contributed by atoms with E-state index in [0.29, 0.717) is 28.6 Å². The van der Waals surface area contributed by atoms with Gasteiger partial charge in [0, 0.05) is 41.9 Å². The summed E-state index contributed by atoms with van der Waals surface area (Å²) < 4.78 is 0. The SMILES string of the molecule is N#Cc1ccc(Nc2nc(N[C@@H]3CCCCC3N)ncc2C(N)=O)cc1-c1ncccn1. The minimum atomic E-state index is -0.659. The Kier molecular flexibility index (Phi) is 6.19. The van der Waals surface area contributed by atoms with Crippen LogP contribution in [0.15, 0.2) is 42.9 Å². The van der Waals surface area contributed by atoms with E-state index in [2.05, 4.69) is 36.6 Å². The number of amides is 1. The molecule has 4 rings (SSSR count). The smallest absolute Gasteiger partial charge is 0.254 e. The lowest BCUT2D eigenvalue weighted by Crippen LogP contribution is -2.43. The molecule has 0 saturated heterocycles. The van der Waals surface area contributed by atoms with Crippen LogP contribution in [0.2, 0.25) is 0 Å². The Bertz CT molecular complexity index is 1160. The summed E-state index contributed by atoms with van der Waals surface area (Å²) in [5, 5.41) is 15.9. The summed E-state index contributed by atoms with van der Waals surface area (Å²) in [6.45, 7) is 0. The molecule has 1 aromatic carbocycles. The Morgan fingerprint density at radius 1 is 1.16 bits per heavy atom. The maximum Gasteiger partial charge on any atom is 0.254 e. The van der Waals surface area contributed by atoms with Crippen LogP contribution in [0.1, 0.15) is 41.6 Å². The maximum atomic E-state index is 12.0. The van der Waals surface area contributed by atoms with E-state index in [0.717, 1.165) is 25.7 Å². The number of primary amides is 1. The van der Waals surface area contributed by atoms with Crippen LogP contribution in [0, 0.1) is 11.3 Å². The lowest BCUT2D eigenvalue weighted by molar-refractivity contribution is 0.100. The lowest BCUT2D eigenvalue weighted by Gasteiger charge is -2.29. The van der Waals surface area contributed by atoms with Gasteiger partial charge in [-0.1, -0.05) is 12.8 Å². The topological polar surface area (TPSA) is 169 Å². The van der Waals surface area contributed by atoms with Crippen molar-refractivity contribution in [2.75, 3.05) is 10.6 Å². The van der Waals surface area contributed by atoms with E-state index in [-0.39, 0.29) is 23.5 Å². The molecule has 3 aromatic rings. The number of anilines is 3. The van der Waals surface area contributed by atoms with Gasteiger partial charge < -0.3 is 22.1 Å². The van der Waals surface area contributed by atoms with Crippen LogP contribution in [0.3, 0.4) is 0 Å². The first-order valence-corrected chi connectivity index (χ1v) is 10.3. The quantitative estimate of drug-likeness (QED) is 0.459. The van der Waals surface area contributed by atoms with E-state index in [4.69, 9.17) is 11.5 Å². The third kappa shape index (κ3) is 4.63. The summed E-state index contributed by atoms with van der Waals surface area (Å²) in [6, 6.07) is 9.02. The third-order valence-corrected chi connectivity index (χ3v) is 5.40. The Labute approximate surface area is 185 Å². The molecule has 10 heteroatoms. The Balaban J connectivity index is 1.65. The highest BCUT2D eigenvalue weighted by Gasteiger charge is 2.23. The zero-order valence-corrected chi connectivity index (χ0v) is 17.3. The first kappa shape index (κ1) is 21.1. The average Bonchev–Trinajstić information content (AvgIpc) is 2.81. The van der Waals surface area contributed by atoms with Crippen molar-refractivity contribution in [2.45, 2.75) is 37.8 Å². The van der Waals surface area contributed by atoms with Gasteiger partial charge in [0.2, 0.25) is 5.95 Å². The van der Waals surface area contributed by atoms with Crippen LogP contribution >= 0.6 is 0 Å². The highest BCUT2D eigenvalue weighted by molar-refractivity contribution is 5.98. The molecule has 0 spiro atoms. The number of rotatable bonds is 6. The standard InChI is InChI=1S/C22H23N9O/c23-11-13-6-7-14(10-15(13)20-26-8-3-9-27-20)29-21-16(19(25)32)12-28-22(31-21)30-18-5-2-1-4-17(18)24/h3,6-10,12,17-18H,1-2,4-5,24H2,(H2,25,32)(H2,28,29,30,31)/t17?,18-/m1/s1. The Hall–Kier alpha value is -4.10. The highest BCUT2D eigenvalue weighted by Crippen LogP contribution is 2.27. The fourth-order valence-corrected chi connectivity index (χ4v) is 3.71. The largest absolute Gasteiger partial charge is 0.365 e. The van der Waals surface area contributed by atoms with Crippen LogP contribution in [0.4, 0.5) is 17.5 Å². The van der Waals surface area contributed by atoms with Crippen LogP contribution < -0.4 is 22.1 Å². The molecule has 0 bridgehead atoms. The van der Waals surface area contributed by atoms with E-state index in [1.165, 1.54) is 6.20 Å². The molecule has 32 heavy (non-hydrogen) atoms. The van der Waals surface area contributed by atoms with Gasteiger partial charge in [0.15, 0.2) is 5.82 Å². The fourth-order valence-electron chi connectivity index (χ4n) is 3.71. The van der Waals surface area contributed by atoms with Gasteiger partial charge in [-0.05, 0) is 37.1 Å². The van der Waals surface area contributed by atoms with E-state index >= 15 is 0 Å². The molecule has 2 atom stereocenters. The van der Waals surface area contributed by atoms with Crippen molar-refractivity contribution in [3.8, 4) is 17.5 Å². The number of benzene rings is 1. The molecule has 2 aromatic heterocycles. The zero-order chi connectivity index (χ0) is 22.5. The second kappa shape index (κ2) is 9.36. The van der Waals surface area contributed by atoms with E-state index in [1.54, 1.807) is 36.7 Å². The van der Waals surface area contributed by atoms with Crippen molar-refractivity contribution in [1.29, 1.82) is 5.26 Å². The molecule has 0 aliphatic heterocycles. The molecule has 1 aliphatic carbocycles. The van der Waals surface area contributed by atoms with Crippen molar-refractivity contribution in [2.24, 2.45) is 11.5 Å². The summed E-state index contributed by atoms with van der Waals surface area (Å²) in [5.41, 5.74) is 13.5. The number of hydrogen-bond acceptors (Lipinski definition) is 9. The van der Waals surface area contributed by atoms with Crippen molar-refractivity contribution in [3.05, 3.63) is 54.0 Å². The van der Waals surface area contributed by atoms with Crippen LogP contribution in [-0.2, 0) is 0 Å². The monoisotopic (exact) mass is 429 g/mol. The molecule has 1 fully saturated rings. The van der Waals surface area contributed by atoms with Gasteiger partial charge in [-0.25, -0.2) is 15.0 Å². The predicted octanol–water partition coefficient (Wildman–Crippen LogP) is 2.33. The predicted molar refractivity (Wildman–Crippen MR) is 120 cm³/mol. The summed E-state index contributed by atoms with van der Waals surface area (Å²) in [6.07, 6.45) is 8.67. The zero-order valence-electron chi connectivity index (χ0n) is 17.3. The lowest BCUT2D eigenvalue weighted by atomic mass is 9.91. The van der Waals surface area contributed by atoms with Gasteiger partial charge in [0.25, 0.3) is 5.91 Å². The molecule has 2 heterocycles. The first-order valence-electron chi connectivity index (χ1n) is 10.3. The number of nitrogens with one attached hydrogen (secondary N) is 2. The van der Waals surface area contributed by atoms with Crippen molar-refractivity contribution in [3.63, 3.8) is 0 Å². The number of nitrogens with two attached hydrogens (primary N) is 2.